The molecular weight excluding hydrogens is 312 g/mol. The van der Waals surface area contributed by atoms with Crippen LogP contribution < -0.4 is 10.5 Å². The molecule has 1 aromatic rings. The zero-order valence-electron chi connectivity index (χ0n) is 11.3. The van der Waals surface area contributed by atoms with E-state index in [1.165, 1.54) is 6.92 Å². The lowest BCUT2D eigenvalue weighted by Gasteiger charge is -2.11. The Kier molecular flexibility index (Phi) is 5.57. The van der Waals surface area contributed by atoms with Crippen LogP contribution in [0.2, 0.25) is 0 Å². The van der Waals surface area contributed by atoms with Crippen LogP contribution in [-0.2, 0) is 10.0 Å². The van der Waals surface area contributed by atoms with Gasteiger partial charge in [0.25, 0.3) is 0 Å². The summed E-state index contributed by atoms with van der Waals surface area (Å²) in [5.41, 5.74) is 5.26. The lowest BCUT2D eigenvalue weighted by molar-refractivity contribution is -0.135. The van der Waals surface area contributed by atoms with Crippen LogP contribution in [0.5, 0.6) is 0 Å². The molecule has 0 saturated carbocycles. The summed E-state index contributed by atoms with van der Waals surface area (Å²) in [7, 11) is -4.00. The number of halogens is 4. The molecule has 0 unspecified atom stereocenters. The van der Waals surface area contributed by atoms with Crippen molar-refractivity contribution in [3.8, 4) is 0 Å². The molecule has 0 bridgehead atoms. The smallest absolute Gasteiger partial charge is 0.389 e. The predicted octanol–water partition coefficient (Wildman–Crippen LogP) is 2.73. The topological polar surface area (TPSA) is 72.2 Å². The lowest BCUT2D eigenvalue weighted by Crippen LogP contribution is -2.26. The molecule has 0 atom stereocenters. The van der Waals surface area contributed by atoms with E-state index in [9.17, 15) is 26.0 Å². The average molecular weight is 328 g/mol. The molecule has 1 rings (SSSR count). The van der Waals surface area contributed by atoms with Gasteiger partial charge in [-0.05, 0) is 31.9 Å². The van der Waals surface area contributed by atoms with Gasteiger partial charge < -0.3 is 5.73 Å². The number of unbranched alkanes of at least 4 members (excludes halogenated alkanes) is 1. The number of rotatable bonds is 6. The minimum atomic E-state index is -4.26. The number of nitrogen functional groups attached to an aromatic ring is 1. The number of anilines is 1. The zero-order valence-corrected chi connectivity index (χ0v) is 12.1. The highest BCUT2D eigenvalue weighted by atomic mass is 32.2. The van der Waals surface area contributed by atoms with E-state index in [1.807, 2.05) is 0 Å². The maximum atomic E-state index is 13.4. The zero-order chi connectivity index (χ0) is 16.3. The number of sulfonamides is 1. The van der Waals surface area contributed by atoms with Crippen LogP contribution in [-0.4, -0.2) is 21.1 Å². The molecule has 0 heterocycles. The highest BCUT2D eigenvalue weighted by molar-refractivity contribution is 7.89. The Bertz CT molecular complexity index is 600. The Morgan fingerprint density at radius 1 is 1.24 bits per heavy atom. The van der Waals surface area contributed by atoms with Crippen LogP contribution in [0.4, 0.5) is 23.2 Å². The van der Waals surface area contributed by atoms with E-state index in [1.54, 1.807) is 0 Å². The second kappa shape index (κ2) is 6.61. The molecule has 0 aliphatic carbocycles. The van der Waals surface area contributed by atoms with Crippen molar-refractivity contribution in [2.24, 2.45) is 0 Å². The van der Waals surface area contributed by atoms with Crippen LogP contribution in [0, 0.1) is 12.7 Å². The summed E-state index contributed by atoms with van der Waals surface area (Å²) in [6, 6.07) is 2.11. The fourth-order valence-electron chi connectivity index (χ4n) is 1.69. The molecule has 0 aromatic heterocycles. The number of nitrogens with one attached hydrogen (secondary N) is 1. The van der Waals surface area contributed by atoms with E-state index in [4.69, 9.17) is 5.73 Å². The highest BCUT2D eigenvalue weighted by Gasteiger charge is 2.26. The molecule has 120 valence electrons. The molecule has 4 nitrogen and oxygen atoms in total. The van der Waals surface area contributed by atoms with E-state index >= 15 is 0 Å². The van der Waals surface area contributed by atoms with Gasteiger partial charge in [-0.2, -0.15) is 13.2 Å². The van der Waals surface area contributed by atoms with Crippen molar-refractivity contribution in [3.63, 3.8) is 0 Å². The maximum absolute atomic E-state index is 13.4. The number of hydrogen-bond acceptors (Lipinski definition) is 3. The Morgan fingerprint density at radius 3 is 2.43 bits per heavy atom. The SMILES string of the molecule is Cc1c(F)cc(N)cc1S(=O)(=O)NCCCCC(F)(F)F. The normalized spacial score (nSPS) is 12.6. The van der Waals surface area contributed by atoms with Crippen LogP contribution in [0.15, 0.2) is 17.0 Å². The molecule has 3 N–H and O–H groups in total. The van der Waals surface area contributed by atoms with Crippen molar-refractivity contribution in [1.29, 1.82) is 0 Å². The van der Waals surface area contributed by atoms with Gasteiger partial charge >= 0.3 is 6.18 Å². The molecular formula is C12H16F4N2O2S. The first-order valence-corrected chi connectivity index (χ1v) is 7.63. The number of alkyl halides is 3. The van der Waals surface area contributed by atoms with Crippen molar-refractivity contribution in [3.05, 3.63) is 23.5 Å². The fourth-order valence-corrected chi connectivity index (χ4v) is 3.05. The summed E-state index contributed by atoms with van der Waals surface area (Å²) in [4.78, 5) is -0.309. The maximum Gasteiger partial charge on any atom is 0.389 e. The van der Waals surface area contributed by atoms with Gasteiger partial charge in [0.15, 0.2) is 0 Å². The predicted molar refractivity (Wildman–Crippen MR) is 70.6 cm³/mol. The van der Waals surface area contributed by atoms with Gasteiger partial charge in [-0.25, -0.2) is 17.5 Å². The van der Waals surface area contributed by atoms with Gasteiger partial charge in [0, 0.05) is 24.2 Å². The van der Waals surface area contributed by atoms with Gasteiger partial charge in [-0.1, -0.05) is 0 Å². The summed E-state index contributed by atoms with van der Waals surface area (Å²) < 4.78 is 75.3. The van der Waals surface area contributed by atoms with Gasteiger partial charge in [-0.3, -0.25) is 0 Å². The van der Waals surface area contributed by atoms with Gasteiger partial charge in [0.05, 0.1) is 4.90 Å². The molecule has 0 saturated heterocycles. The van der Waals surface area contributed by atoms with Crippen LogP contribution in [0.1, 0.15) is 24.8 Å². The van der Waals surface area contributed by atoms with Crippen LogP contribution in [0.3, 0.4) is 0 Å². The molecule has 0 aliphatic rings. The van der Waals surface area contributed by atoms with Crippen molar-refractivity contribution in [2.45, 2.75) is 37.3 Å². The summed E-state index contributed by atoms with van der Waals surface area (Å²) in [5, 5.41) is 0. The minimum absolute atomic E-state index is 0.0303. The fraction of sp³-hybridized carbons (Fsp3) is 0.500. The molecule has 9 heteroatoms. The third kappa shape index (κ3) is 5.50. The summed E-state index contributed by atoms with van der Waals surface area (Å²) >= 11 is 0. The molecule has 0 fully saturated rings. The minimum Gasteiger partial charge on any atom is -0.399 e. The number of hydrogen-bond donors (Lipinski definition) is 2. The Morgan fingerprint density at radius 2 is 1.86 bits per heavy atom. The Labute approximate surface area is 120 Å². The standard InChI is InChI=1S/C12H16F4N2O2S/c1-8-10(13)6-9(17)7-11(8)21(19,20)18-5-3-2-4-12(14,15)16/h6-7,18H,2-5,17H2,1H3. The molecule has 0 radical (unpaired) electrons. The Hall–Kier alpha value is -1.35. The Balaban J connectivity index is 2.67. The van der Waals surface area contributed by atoms with Crippen molar-refractivity contribution in [2.75, 3.05) is 12.3 Å². The second-order valence-corrected chi connectivity index (χ2v) is 6.33. The van der Waals surface area contributed by atoms with Gasteiger partial charge in [0.1, 0.15) is 5.82 Å². The largest absolute Gasteiger partial charge is 0.399 e. The first kappa shape index (κ1) is 17.7. The third-order valence-corrected chi connectivity index (χ3v) is 4.37. The highest BCUT2D eigenvalue weighted by Crippen LogP contribution is 2.23. The second-order valence-electron chi connectivity index (χ2n) is 4.60. The summed E-state index contributed by atoms with van der Waals surface area (Å²) in [6.45, 7) is 1.13. The molecule has 0 amide bonds. The van der Waals surface area contributed by atoms with E-state index in [0.29, 0.717) is 0 Å². The summed E-state index contributed by atoms with van der Waals surface area (Å²) in [5.74, 6) is -0.757. The van der Waals surface area contributed by atoms with Crippen molar-refractivity contribution >= 4 is 15.7 Å². The number of nitrogens with two attached hydrogens (primary N) is 1. The molecule has 1 aromatic carbocycles. The summed E-state index contributed by atoms with van der Waals surface area (Å²) in [6.07, 6.45) is -5.38. The van der Waals surface area contributed by atoms with Gasteiger partial charge in [-0.15, -0.1) is 0 Å². The quantitative estimate of drug-likeness (QED) is 0.479. The van der Waals surface area contributed by atoms with Crippen molar-refractivity contribution in [1.82, 2.24) is 4.72 Å². The monoisotopic (exact) mass is 328 g/mol. The molecule has 21 heavy (non-hydrogen) atoms. The van der Waals surface area contributed by atoms with Crippen LogP contribution in [0.25, 0.3) is 0 Å². The first-order chi connectivity index (χ1) is 9.53. The molecule has 0 spiro atoms. The van der Waals surface area contributed by atoms with Crippen molar-refractivity contribution < 1.29 is 26.0 Å². The average Bonchev–Trinajstić information content (AvgIpc) is 2.31. The van der Waals surface area contributed by atoms with Crippen LogP contribution >= 0.6 is 0 Å². The van der Waals surface area contributed by atoms with E-state index in [0.717, 1.165) is 12.1 Å². The lowest BCUT2D eigenvalue weighted by atomic mass is 10.2. The molecule has 0 aliphatic heterocycles. The third-order valence-electron chi connectivity index (χ3n) is 2.79. The van der Waals surface area contributed by atoms with E-state index in [-0.39, 0.29) is 35.5 Å². The van der Waals surface area contributed by atoms with Gasteiger partial charge in [0.2, 0.25) is 10.0 Å². The van der Waals surface area contributed by atoms with E-state index in [2.05, 4.69) is 4.72 Å². The number of benzene rings is 1. The van der Waals surface area contributed by atoms with E-state index < -0.39 is 28.4 Å². The first-order valence-electron chi connectivity index (χ1n) is 6.15.